The zero-order valence-electron chi connectivity index (χ0n) is 16.5. The third-order valence-electron chi connectivity index (χ3n) is 5.34. The highest BCUT2D eigenvalue weighted by Gasteiger charge is 2.23. The van der Waals surface area contributed by atoms with Crippen LogP contribution in [-0.4, -0.2) is 51.2 Å². The number of piperidine rings is 1. The van der Waals surface area contributed by atoms with Crippen molar-refractivity contribution in [1.29, 1.82) is 0 Å². The number of para-hydroxylation sites is 2. The molecular formula is C21H25N5O3. The van der Waals surface area contributed by atoms with Crippen LogP contribution in [0.1, 0.15) is 19.3 Å². The number of ether oxygens (including phenoxy) is 1. The third kappa shape index (κ3) is 4.11. The second-order valence-electron chi connectivity index (χ2n) is 7.18. The molecule has 4 rings (SSSR count). The highest BCUT2D eigenvalue weighted by atomic mass is 16.5. The first-order valence-corrected chi connectivity index (χ1v) is 9.87. The van der Waals surface area contributed by atoms with Crippen molar-refractivity contribution in [2.24, 2.45) is 0 Å². The van der Waals surface area contributed by atoms with Gasteiger partial charge in [0.25, 0.3) is 0 Å². The third-order valence-corrected chi connectivity index (χ3v) is 5.34. The molecule has 2 aromatic heterocycles. The number of aromatic nitrogens is 3. The van der Waals surface area contributed by atoms with Gasteiger partial charge in [0, 0.05) is 31.7 Å². The molecule has 1 N–H and O–H groups in total. The molecule has 0 saturated carbocycles. The van der Waals surface area contributed by atoms with Crippen LogP contribution in [0.3, 0.4) is 0 Å². The van der Waals surface area contributed by atoms with E-state index in [9.17, 15) is 9.59 Å². The molecule has 0 radical (unpaired) electrons. The van der Waals surface area contributed by atoms with E-state index in [-0.39, 0.29) is 18.0 Å². The van der Waals surface area contributed by atoms with Crippen molar-refractivity contribution in [2.75, 3.05) is 25.5 Å². The second kappa shape index (κ2) is 8.38. The van der Waals surface area contributed by atoms with Crippen LogP contribution in [0.2, 0.25) is 0 Å². The normalized spacial score (nSPS) is 14.9. The number of likely N-dealkylation sites (tertiary alicyclic amines) is 1. The number of carbonyl (C=O) groups excluding carboxylic acids is 1. The number of rotatable bonds is 6. The van der Waals surface area contributed by atoms with Crippen molar-refractivity contribution < 1.29 is 9.53 Å². The monoisotopic (exact) mass is 395 g/mol. The van der Waals surface area contributed by atoms with Crippen molar-refractivity contribution in [3.8, 4) is 5.75 Å². The quantitative estimate of drug-likeness (QED) is 0.690. The van der Waals surface area contributed by atoms with Crippen LogP contribution in [0.25, 0.3) is 5.65 Å². The summed E-state index contributed by atoms with van der Waals surface area (Å²) in [6.07, 6.45) is 3.70. The van der Waals surface area contributed by atoms with E-state index >= 15 is 0 Å². The molecule has 0 aliphatic carbocycles. The SMILES string of the molecule is COc1ccccc1NC1CCN(C(=O)CCn2nc3ccccn3c2=O)CC1. The van der Waals surface area contributed by atoms with Gasteiger partial charge in [-0.05, 0) is 37.1 Å². The molecule has 1 amide bonds. The molecule has 8 nitrogen and oxygen atoms in total. The summed E-state index contributed by atoms with van der Waals surface area (Å²) in [5, 5.41) is 7.80. The van der Waals surface area contributed by atoms with E-state index in [1.165, 1.54) is 9.08 Å². The Kier molecular flexibility index (Phi) is 5.50. The Bertz CT molecular complexity index is 1050. The lowest BCUT2D eigenvalue weighted by atomic mass is 10.0. The van der Waals surface area contributed by atoms with Gasteiger partial charge in [-0.3, -0.25) is 9.20 Å². The molecule has 8 heteroatoms. The fourth-order valence-corrected chi connectivity index (χ4v) is 3.73. The molecule has 1 fully saturated rings. The van der Waals surface area contributed by atoms with Gasteiger partial charge < -0.3 is 15.0 Å². The number of pyridine rings is 1. The fraction of sp³-hybridized carbons (Fsp3) is 0.381. The van der Waals surface area contributed by atoms with Crippen molar-refractivity contribution in [1.82, 2.24) is 19.1 Å². The molecule has 152 valence electrons. The lowest BCUT2D eigenvalue weighted by molar-refractivity contribution is -0.132. The van der Waals surface area contributed by atoms with E-state index in [0.717, 1.165) is 24.3 Å². The van der Waals surface area contributed by atoms with Crippen LogP contribution in [0.5, 0.6) is 5.75 Å². The van der Waals surface area contributed by atoms with Gasteiger partial charge in [-0.1, -0.05) is 18.2 Å². The number of hydrogen-bond donors (Lipinski definition) is 1. The van der Waals surface area contributed by atoms with E-state index in [1.54, 1.807) is 25.4 Å². The van der Waals surface area contributed by atoms with Crippen molar-refractivity contribution in [2.45, 2.75) is 31.8 Å². The zero-order valence-corrected chi connectivity index (χ0v) is 16.5. The van der Waals surface area contributed by atoms with Crippen LogP contribution in [0, 0.1) is 0 Å². The summed E-state index contributed by atoms with van der Waals surface area (Å²) >= 11 is 0. The molecule has 1 aromatic carbocycles. The molecule has 1 saturated heterocycles. The van der Waals surface area contributed by atoms with Crippen molar-refractivity contribution in [3.05, 3.63) is 59.1 Å². The standard InChI is InChI=1S/C21H25N5O3/c1-29-18-7-3-2-6-17(18)22-16-9-13-24(14-10-16)20(27)11-15-26-21(28)25-12-5-4-8-19(25)23-26/h2-8,12,16,22H,9-11,13-15H2,1H3. The first-order valence-electron chi connectivity index (χ1n) is 9.87. The number of nitrogens with zero attached hydrogens (tertiary/aromatic N) is 4. The van der Waals surface area contributed by atoms with Gasteiger partial charge in [0.1, 0.15) is 5.75 Å². The van der Waals surface area contributed by atoms with Crippen molar-refractivity contribution >= 4 is 17.2 Å². The first-order chi connectivity index (χ1) is 14.2. The molecular weight excluding hydrogens is 370 g/mol. The fourth-order valence-electron chi connectivity index (χ4n) is 3.73. The smallest absolute Gasteiger partial charge is 0.350 e. The maximum atomic E-state index is 12.6. The molecule has 29 heavy (non-hydrogen) atoms. The maximum absolute atomic E-state index is 12.6. The average Bonchev–Trinajstić information content (AvgIpc) is 3.09. The van der Waals surface area contributed by atoms with Crippen LogP contribution in [0.15, 0.2) is 53.5 Å². The summed E-state index contributed by atoms with van der Waals surface area (Å²) in [5.74, 6) is 0.883. The summed E-state index contributed by atoms with van der Waals surface area (Å²) in [5.41, 5.74) is 1.35. The maximum Gasteiger partial charge on any atom is 0.350 e. The van der Waals surface area contributed by atoms with Gasteiger partial charge >= 0.3 is 5.69 Å². The highest BCUT2D eigenvalue weighted by Crippen LogP contribution is 2.26. The van der Waals surface area contributed by atoms with Gasteiger partial charge in [0.15, 0.2) is 5.65 Å². The minimum absolute atomic E-state index is 0.0599. The Hall–Kier alpha value is -3.29. The molecule has 1 aliphatic rings. The summed E-state index contributed by atoms with van der Waals surface area (Å²) in [4.78, 5) is 26.8. The Balaban J connectivity index is 1.30. The van der Waals surface area contributed by atoms with E-state index in [4.69, 9.17) is 4.74 Å². The lowest BCUT2D eigenvalue weighted by Gasteiger charge is -2.33. The lowest BCUT2D eigenvalue weighted by Crippen LogP contribution is -2.42. The number of carbonyl (C=O) groups is 1. The average molecular weight is 395 g/mol. The Morgan fingerprint density at radius 2 is 1.93 bits per heavy atom. The summed E-state index contributed by atoms with van der Waals surface area (Å²) < 4.78 is 8.24. The Morgan fingerprint density at radius 1 is 1.17 bits per heavy atom. The van der Waals surface area contributed by atoms with Gasteiger partial charge in [-0.15, -0.1) is 5.10 Å². The van der Waals surface area contributed by atoms with Gasteiger partial charge in [0.2, 0.25) is 5.91 Å². The second-order valence-corrected chi connectivity index (χ2v) is 7.18. The van der Waals surface area contributed by atoms with E-state index in [0.29, 0.717) is 31.3 Å². The largest absolute Gasteiger partial charge is 0.495 e. The van der Waals surface area contributed by atoms with Gasteiger partial charge in [-0.2, -0.15) is 0 Å². The van der Waals surface area contributed by atoms with Crippen LogP contribution in [-0.2, 0) is 11.3 Å². The predicted octanol–water partition coefficient (Wildman–Crippen LogP) is 2.00. The van der Waals surface area contributed by atoms with Crippen LogP contribution >= 0.6 is 0 Å². The predicted molar refractivity (Wildman–Crippen MR) is 110 cm³/mol. The number of anilines is 1. The van der Waals surface area contributed by atoms with E-state index < -0.39 is 0 Å². The summed E-state index contributed by atoms with van der Waals surface area (Å²) in [6, 6.07) is 13.6. The summed E-state index contributed by atoms with van der Waals surface area (Å²) in [6.45, 7) is 1.69. The topological polar surface area (TPSA) is 80.9 Å². The number of nitrogens with one attached hydrogen (secondary N) is 1. The first kappa shape index (κ1) is 19.0. The molecule has 0 bridgehead atoms. The number of fused-ring (bicyclic) bond motifs is 1. The number of methoxy groups -OCH3 is 1. The van der Waals surface area contributed by atoms with Crippen molar-refractivity contribution in [3.63, 3.8) is 0 Å². The molecule has 0 spiro atoms. The highest BCUT2D eigenvalue weighted by molar-refractivity contribution is 5.76. The number of amides is 1. The van der Waals surface area contributed by atoms with E-state index in [1.807, 2.05) is 35.2 Å². The summed E-state index contributed by atoms with van der Waals surface area (Å²) in [7, 11) is 1.66. The van der Waals surface area contributed by atoms with Crippen LogP contribution in [0.4, 0.5) is 5.69 Å². The Labute approximate surface area is 168 Å². The van der Waals surface area contributed by atoms with Gasteiger partial charge in [-0.25, -0.2) is 9.48 Å². The molecule has 3 aromatic rings. The molecule has 3 heterocycles. The van der Waals surface area contributed by atoms with E-state index in [2.05, 4.69) is 10.4 Å². The minimum atomic E-state index is -0.215. The number of hydrogen-bond acceptors (Lipinski definition) is 5. The number of benzene rings is 1. The number of aryl methyl sites for hydroxylation is 1. The molecule has 0 atom stereocenters. The molecule has 0 unspecified atom stereocenters. The Morgan fingerprint density at radius 3 is 2.69 bits per heavy atom. The molecule has 1 aliphatic heterocycles. The zero-order chi connectivity index (χ0) is 20.2. The van der Waals surface area contributed by atoms with Gasteiger partial charge in [0.05, 0.1) is 19.3 Å². The van der Waals surface area contributed by atoms with Crippen LogP contribution < -0.4 is 15.7 Å². The minimum Gasteiger partial charge on any atom is -0.495 e.